The second-order valence-corrected chi connectivity index (χ2v) is 2.12. The zero-order chi connectivity index (χ0) is 10.3. The highest BCUT2D eigenvalue weighted by Gasteiger charge is 2.16. The van der Waals surface area contributed by atoms with E-state index in [0.29, 0.717) is 0 Å². The van der Waals surface area contributed by atoms with Crippen LogP contribution in [0.1, 0.15) is 13.8 Å². The maximum Gasteiger partial charge on any atom is 0.323 e. The Hall–Kier alpha value is -1.14. The van der Waals surface area contributed by atoms with Gasteiger partial charge in [-0.25, -0.2) is 0 Å². The normalized spacial score (nSPS) is 13.7. The van der Waals surface area contributed by atoms with Crippen molar-refractivity contribution in [3.05, 3.63) is 0 Å². The Morgan fingerprint density at radius 3 is 1.58 bits per heavy atom. The molecule has 0 bridgehead atoms. The Bertz CT molecular complexity index is 152. The smallest absolute Gasteiger partial charge is 0.323 e. The summed E-state index contributed by atoms with van der Waals surface area (Å²) in [6.45, 7) is 2.42. The van der Waals surface area contributed by atoms with Crippen LogP contribution in [0.5, 0.6) is 0 Å². The largest absolute Gasteiger partial charge is 0.481 e. The maximum atomic E-state index is 9.86. The Balaban J connectivity index is 0. The van der Waals surface area contributed by atoms with Gasteiger partial charge in [0.15, 0.2) is 0 Å². The van der Waals surface area contributed by atoms with Crippen LogP contribution in [-0.4, -0.2) is 39.4 Å². The second kappa shape index (κ2) is 6.56. The van der Waals surface area contributed by atoms with E-state index < -0.39 is 24.1 Å². The summed E-state index contributed by atoms with van der Waals surface area (Å²) in [5, 5.41) is 24.0. The molecule has 0 aliphatic carbocycles. The lowest BCUT2D eigenvalue weighted by atomic mass is 10.2. The van der Waals surface area contributed by atoms with Crippen molar-refractivity contribution in [3.63, 3.8) is 0 Å². The molecule has 5 N–H and O–H groups in total. The lowest BCUT2D eigenvalue weighted by Crippen LogP contribution is -2.39. The van der Waals surface area contributed by atoms with Crippen molar-refractivity contribution in [1.82, 2.24) is 0 Å². The van der Waals surface area contributed by atoms with Gasteiger partial charge in [-0.05, 0) is 6.92 Å². The molecular weight excluding hydrogens is 166 g/mol. The molecule has 0 saturated heterocycles. The number of carboxylic acids is 2. The summed E-state index contributed by atoms with van der Waals surface area (Å²) in [5.74, 6) is -2.01. The minimum Gasteiger partial charge on any atom is -0.481 e. The van der Waals surface area contributed by atoms with E-state index in [2.05, 4.69) is 0 Å². The van der Waals surface area contributed by atoms with Crippen LogP contribution >= 0.6 is 0 Å². The van der Waals surface area contributed by atoms with Crippen LogP contribution < -0.4 is 5.73 Å². The van der Waals surface area contributed by atoms with Crippen LogP contribution in [0.15, 0.2) is 0 Å². The highest BCUT2D eigenvalue weighted by atomic mass is 16.4. The molecule has 0 aromatic heterocycles. The van der Waals surface area contributed by atoms with E-state index in [9.17, 15) is 4.79 Å². The van der Waals surface area contributed by atoms with Gasteiger partial charge < -0.3 is 21.1 Å². The zero-order valence-corrected chi connectivity index (χ0v) is 6.89. The first-order valence-electron chi connectivity index (χ1n) is 3.15. The first-order chi connectivity index (χ1) is 5.29. The molecule has 0 spiro atoms. The molecule has 12 heavy (non-hydrogen) atoms. The number of aliphatic hydroxyl groups is 1. The van der Waals surface area contributed by atoms with Gasteiger partial charge in [-0.1, -0.05) is 0 Å². The molecule has 0 unspecified atom stereocenters. The number of aliphatic carboxylic acids is 2. The predicted octanol–water partition coefficient (Wildman–Crippen LogP) is -1.13. The summed E-state index contributed by atoms with van der Waals surface area (Å²) in [6, 6.07) is -1.16. The number of nitrogens with two attached hydrogens (primary N) is 1. The third kappa shape index (κ3) is 11.6. The van der Waals surface area contributed by atoms with Gasteiger partial charge >= 0.3 is 5.97 Å². The number of carboxylic acid groups (broad SMARTS) is 2. The lowest BCUT2D eigenvalue weighted by molar-refractivity contribution is -0.141. The second-order valence-electron chi connectivity index (χ2n) is 2.12. The Morgan fingerprint density at radius 1 is 1.33 bits per heavy atom. The van der Waals surface area contributed by atoms with Crippen molar-refractivity contribution in [1.29, 1.82) is 0 Å². The van der Waals surface area contributed by atoms with Gasteiger partial charge in [-0.3, -0.25) is 9.59 Å². The molecule has 0 heterocycles. The molecule has 0 amide bonds. The standard InChI is InChI=1S/C4H9NO3.C2H4O2/c1-2(6)3(5)4(7)8;1-2(3)4/h2-3,6H,5H2,1H3,(H,7,8);1H3,(H,3,4)/t2-,3+;/m1./s1. The minimum absolute atomic E-state index is 0.833. The Kier molecular flexibility index (Phi) is 7.36. The van der Waals surface area contributed by atoms with Crippen LogP contribution in [-0.2, 0) is 9.59 Å². The molecule has 0 rings (SSSR count). The first kappa shape index (κ1) is 13.4. The van der Waals surface area contributed by atoms with Crippen LogP contribution in [0.2, 0.25) is 0 Å². The summed E-state index contributed by atoms with van der Waals surface area (Å²) in [6.07, 6.45) is -0.979. The van der Waals surface area contributed by atoms with Crippen LogP contribution in [0.3, 0.4) is 0 Å². The van der Waals surface area contributed by atoms with Gasteiger partial charge in [-0.2, -0.15) is 0 Å². The maximum absolute atomic E-state index is 9.86. The molecule has 0 aromatic carbocycles. The predicted molar refractivity (Wildman–Crippen MR) is 40.6 cm³/mol. The number of hydrogen-bond donors (Lipinski definition) is 4. The first-order valence-corrected chi connectivity index (χ1v) is 3.15. The molecule has 2 atom stereocenters. The summed E-state index contributed by atoms with van der Waals surface area (Å²) < 4.78 is 0. The average Bonchev–Trinajstić information content (AvgIpc) is 1.84. The van der Waals surface area contributed by atoms with Crippen LogP contribution in [0, 0.1) is 0 Å². The lowest BCUT2D eigenvalue weighted by Gasteiger charge is -2.06. The van der Waals surface area contributed by atoms with Crippen molar-refractivity contribution in [2.45, 2.75) is 26.0 Å². The SMILES string of the molecule is CC(=O)O.C[C@@H](O)[C@H](N)C(=O)O. The van der Waals surface area contributed by atoms with Crippen molar-refractivity contribution < 1.29 is 24.9 Å². The number of hydrogen-bond acceptors (Lipinski definition) is 4. The van der Waals surface area contributed by atoms with Gasteiger partial charge in [0.05, 0.1) is 6.10 Å². The third-order valence-electron chi connectivity index (χ3n) is 0.805. The van der Waals surface area contributed by atoms with E-state index in [0.717, 1.165) is 6.92 Å². The van der Waals surface area contributed by atoms with E-state index in [4.69, 9.17) is 25.8 Å². The van der Waals surface area contributed by atoms with Crippen molar-refractivity contribution in [3.8, 4) is 0 Å². The summed E-state index contributed by atoms with van der Waals surface area (Å²) in [4.78, 5) is 18.9. The third-order valence-corrected chi connectivity index (χ3v) is 0.805. The van der Waals surface area contributed by atoms with Crippen molar-refractivity contribution in [2.75, 3.05) is 0 Å². The van der Waals surface area contributed by atoms with Gasteiger partial charge in [0, 0.05) is 6.92 Å². The highest BCUT2D eigenvalue weighted by molar-refractivity contribution is 5.73. The van der Waals surface area contributed by atoms with Gasteiger partial charge in [0.25, 0.3) is 5.97 Å². The monoisotopic (exact) mass is 179 g/mol. The van der Waals surface area contributed by atoms with E-state index in [1.54, 1.807) is 0 Å². The molecule has 0 aromatic rings. The zero-order valence-electron chi connectivity index (χ0n) is 6.89. The fourth-order valence-electron chi connectivity index (χ4n) is 0.206. The molecule has 0 radical (unpaired) electrons. The van der Waals surface area contributed by atoms with E-state index >= 15 is 0 Å². The molecule has 0 saturated carbocycles. The molecule has 0 aliphatic rings. The molecule has 6 nitrogen and oxygen atoms in total. The van der Waals surface area contributed by atoms with Crippen LogP contribution in [0.25, 0.3) is 0 Å². The van der Waals surface area contributed by atoms with Gasteiger partial charge in [0.1, 0.15) is 6.04 Å². The molecule has 0 fully saturated rings. The topological polar surface area (TPSA) is 121 Å². The minimum atomic E-state index is -1.18. The Morgan fingerprint density at radius 2 is 1.58 bits per heavy atom. The summed E-state index contributed by atoms with van der Waals surface area (Å²) in [5.41, 5.74) is 4.91. The fourth-order valence-corrected chi connectivity index (χ4v) is 0.206. The average molecular weight is 179 g/mol. The van der Waals surface area contributed by atoms with Gasteiger partial charge in [-0.15, -0.1) is 0 Å². The molecule has 0 aliphatic heterocycles. The summed E-state index contributed by atoms with van der Waals surface area (Å²) in [7, 11) is 0. The number of carbonyl (C=O) groups is 2. The van der Waals surface area contributed by atoms with Gasteiger partial charge in [0.2, 0.25) is 0 Å². The highest BCUT2D eigenvalue weighted by Crippen LogP contribution is 1.85. The molecule has 72 valence electrons. The fraction of sp³-hybridized carbons (Fsp3) is 0.667. The van der Waals surface area contributed by atoms with Crippen molar-refractivity contribution in [2.24, 2.45) is 5.73 Å². The molecule has 6 heteroatoms. The van der Waals surface area contributed by atoms with E-state index in [1.807, 2.05) is 0 Å². The van der Waals surface area contributed by atoms with E-state index in [1.165, 1.54) is 6.92 Å². The van der Waals surface area contributed by atoms with E-state index in [-0.39, 0.29) is 0 Å². The summed E-state index contributed by atoms with van der Waals surface area (Å²) >= 11 is 0. The number of aliphatic hydroxyl groups excluding tert-OH is 1. The molecular formula is C6H13NO5. The number of rotatable bonds is 2. The Labute approximate surface area is 69.6 Å². The quantitative estimate of drug-likeness (QED) is 0.425. The van der Waals surface area contributed by atoms with Crippen LogP contribution in [0.4, 0.5) is 0 Å². The van der Waals surface area contributed by atoms with Crippen molar-refractivity contribution >= 4 is 11.9 Å².